The fourth-order valence-electron chi connectivity index (χ4n) is 2.80. The van der Waals surface area contributed by atoms with E-state index < -0.39 is 0 Å². The molecule has 2 aliphatic rings. The maximum atomic E-state index is 12.3. The number of likely N-dealkylation sites (tertiary alicyclic amines) is 1. The fraction of sp³-hybridized carbons (Fsp3) is 0.692. The summed E-state index contributed by atoms with van der Waals surface area (Å²) in [6, 6.07) is 0. The molecule has 0 bridgehead atoms. The lowest BCUT2D eigenvalue weighted by atomic mass is 9.97. The van der Waals surface area contributed by atoms with Gasteiger partial charge in [-0.3, -0.25) is 4.79 Å². The van der Waals surface area contributed by atoms with Crippen molar-refractivity contribution in [3.05, 3.63) is 16.6 Å². The van der Waals surface area contributed by atoms with Crippen molar-refractivity contribution in [2.45, 2.75) is 25.2 Å². The smallest absolute Gasteiger partial charge is 0.228 e. The van der Waals surface area contributed by atoms with Gasteiger partial charge in [0.2, 0.25) is 5.91 Å². The number of piperidine rings is 1. The molecule has 2 atom stereocenters. The van der Waals surface area contributed by atoms with E-state index >= 15 is 0 Å². The van der Waals surface area contributed by atoms with Gasteiger partial charge in [-0.1, -0.05) is 0 Å². The minimum Gasteiger partial charge on any atom is -0.381 e. The molecule has 3 rings (SSSR count). The Morgan fingerprint density at radius 3 is 3.17 bits per heavy atom. The third kappa shape index (κ3) is 2.42. The van der Waals surface area contributed by atoms with Crippen LogP contribution in [0.5, 0.6) is 0 Å². The van der Waals surface area contributed by atoms with Crippen LogP contribution in [-0.2, 0) is 9.53 Å². The van der Waals surface area contributed by atoms with Crippen LogP contribution < -0.4 is 0 Å². The van der Waals surface area contributed by atoms with E-state index in [9.17, 15) is 4.79 Å². The van der Waals surface area contributed by atoms with Crippen molar-refractivity contribution in [1.29, 1.82) is 0 Å². The molecule has 4 nitrogen and oxygen atoms in total. The van der Waals surface area contributed by atoms with Gasteiger partial charge in [0.15, 0.2) is 0 Å². The Labute approximate surface area is 111 Å². The zero-order valence-electron chi connectivity index (χ0n) is 10.4. The van der Waals surface area contributed by atoms with Crippen LogP contribution in [0, 0.1) is 5.92 Å². The summed E-state index contributed by atoms with van der Waals surface area (Å²) >= 11 is 1.70. The van der Waals surface area contributed by atoms with Gasteiger partial charge in [0.25, 0.3) is 0 Å². The highest BCUT2D eigenvalue weighted by atomic mass is 32.1. The largest absolute Gasteiger partial charge is 0.381 e. The van der Waals surface area contributed by atoms with Crippen molar-refractivity contribution in [3.63, 3.8) is 0 Å². The van der Waals surface area contributed by atoms with Crippen molar-refractivity contribution in [2.24, 2.45) is 5.92 Å². The zero-order chi connectivity index (χ0) is 12.4. The summed E-state index contributed by atoms with van der Waals surface area (Å²) in [5.41, 5.74) is 0. The molecule has 0 aromatic carbocycles. The number of aromatic nitrogens is 1. The first-order valence-corrected chi connectivity index (χ1v) is 7.48. The average molecular weight is 266 g/mol. The van der Waals surface area contributed by atoms with E-state index in [1.165, 1.54) is 5.01 Å². The Morgan fingerprint density at radius 1 is 1.50 bits per heavy atom. The fourth-order valence-corrected chi connectivity index (χ4v) is 3.57. The number of thiazole rings is 1. The van der Waals surface area contributed by atoms with Crippen LogP contribution in [0.25, 0.3) is 0 Å². The van der Waals surface area contributed by atoms with E-state index in [2.05, 4.69) is 4.98 Å². The summed E-state index contributed by atoms with van der Waals surface area (Å²) in [5.74, 6) is 0.818. The first kappa shape index (κ1) is 12.1. The minimum absolute atomic E-state index is 0.0973. The van der Waals surface area contributed by atoms with Crippen LogP contribution in [0.2, 0.25) is 0 Å². The highest BCUT2D eigenvalue weighted by molar-refractivity contribution is 7.09. The molecular weight excluding hydrogens is 248 g/mol. The SMILES string of the molecule is O=C([C@H]1CCOC1)N1CCC[C@@H](c2nccs2)C1. The topological polar surface area (TPSA) is 42.4 Å². The van der Waals surface area contributed by atoms with Crippen LogP contribution in [0.15, 0.2) is 11.6 Å². The van der Waals surface area contributed by atoms with Gasteiger partial charge in [-0.05, 0) is 19.3 Å². The van der Waals surface area contributed by atoms with Crippen molar-refractivity contribution in [1.82, 2.24) is 9.88 Å². The lowest BCUT2D eigenvalue weighted by Crippen LogP contribution is -2.42. The van der Waals surface area contributed by atoms with E-state index in [4.69, 9.17) is 4.74 Å². The molecule has 2 aliphatic heterocycles. The Hall–Kier alpha value is -0.940. The van der Waals surface area contributed by atoms with Crippen molar-refractivity contribution >= 4 is 17.2 Å². The lowest BCUT2D eigenvalue weighted by Gasteiger charge is -2.33. The predicted molar refractivity (Wildman–Crippen MR) is 69.6 cm³/mol. The maximum Gasteiger partial charge on any atom is 0.228 e. The first-order valence-electron chi connectivity index (χ1n) is 6.60. The van der Waals surface area contributed by atoms with Gasteiger partial charge in [-0.2, -0.15) is 0 Å². The molecule has 2 saturated heterocycles. The molecule has 1 amide bonds. The summed E-state index contributed by atoms with van der Waals surface area (Å²) in [5, 5.41) is 3.19. The predicted octanol–water partition coefficient (Wildman–Crippen LogP) is 1.89. The second-order valence-corrected chi connectivity index (χ2v) is 5.98. The number of hydrogen-bond acceptors (Lipinski definition) is 4. The second kappa shape index (κ2) is 5.36. The van der Waals surface area contributed by atoms with E-state index in [0.717, 1.165) is 39.0 Å². The number of nitrogens with zero attached hydrogens (tertiary/aromatic N) is 2. The third-order valence-electron chi connectivity index (χ3n) is 3.81. The molecule has 1 aromatic rings. The lowest BCUT2D eigenvalue weighted by molar-refractivity contribution is -0.136. The standard InChI is InChI=1S/C13H18N2O2S/c16-13(11-3-6-17-9-11)15-5-1-2-10(8-15)12-14-4-7-18-12/h4,7,10-11H,1-3,5-6,8-9H2/t10-,11+/m1/s1. The van der Waals surface area contributed by atoms with Crippen molar-refractivity contribution in [2.75, 3.05) is 26.3 Å². The van der Waals surface area contributed by atoms with E-state index in [-0.39, 0.29) is 11.8 Å². The molecule has 0 N–H and O–H groups in total. The molecular formula is C13H18N2O2S. The normalized spacial score (nSPS) is 28.6. The number of amides is 1. The van der Waals surface area contributed by atoms with Crippen LogP contribution in [0.3, 0.4) is 0 Å². The van der Waals surface area contributed by atoms with Gasteiger partial charge in [0.1, 0.15) is 0 Å². The molecule has 0 radical (unpaired) electrons. The molecule has 0 aliphatic carbocycles. The summed E-state index contributed by atoms with van der Waals surface area (Å²) in [7, 11) is 0. The van der Waals surface area contributed by atoms with Crippen LogP contribution in [-0.4, -0.2) is 42.1 Å². The molecule has 0 spiro atoms. The number of hydrogen-bond donors (Lipinski definition) is 0. The molecule has 98 valence electrons. The molecule has 2 fully saturated rings. The van der Waals surface area contributed by atoms with Crippen molar-refractivity contribution < 1.29 is 9.53 Å². The summed E-state index contributed by atoms with van der Waals surface area (Å²) < 4.78 is 5.31. The Balaban J connectivity index is 1.64. The van der Waals surface area contributed by atoms with Gasteiger partial charge in [-0.15, -0.1) is 11.3 Å². The third-order valence-corrected chi connectivity index (χ3v) is 4.75. The second-order valence-electron chi connectivity index (χ2n) is 5.05. The van der Waals surface area contributed by atoms with Crippen LogP contribution in [0.4, 0.5) is 0 Å². The number of carbonyl (C=O) groups excluding carboxylic acids is 1. The minimum atomic E-state index is 0.0973. The first-order chi connectivity index (χ1) is 8.84. The molecule has 18 heavy (non-hydrogen) atoms. The number of ether oxygens (including phenoxy) is 1. The number of rotatable bonds is 2. The van der Waals surface area contributed by atoms with E-state index in [0.29, 0.717) is 12.5 Å². The Morgan fingerprint density at radius 2 is 2.44 bits per heavy atom. The number of carbonyl (C=O) groups is 1. The van der Waals surface area contributed by atoms with Gasteiger partial charge in [-0.25, -0.2) is 4.98 Å². The van der Waals surface area contributed by atoms with Gasteiger partial charge >= 0.3 is 0 Å². The Kier molecular flexibility index (Phi) is 3.61. The summed E-state index contributed by atoms with van der Waals surface area (Å²) in [4.78, 5) is 18.8. The molecule has 3 heterocycles. The summed E-state index contributed by atoms with van der Waals surface area (Å²) in [6.45, 7) is 3.08. The monoisotopic (exact) mass is 266 g/mol. The molecule has 0 saturated carbocycles. The quantitative estimate of drug-likeness (QED) is 0.821. The van der Waals surface area contributed by atoms with Crippen molar-refractivity contribution in [3.8, 4) is 0 Å². The molecule has 0 unspecified atom stereocenters. The highest BCUT2D eigenvalue weighted by Crippen LogP contribution is 2.29. The van der Waals surface area contributed by atoms with E-state index in [1.54, 1.807) is 11.3 Å². The highest BCUT2D eigenvalue weighted by Gasteiger charge is 2.32. The van der Waals surface area contributed by atoms with Crippen LogP contribution in [0.1, 0.15) is 30.2 Å². The molecule has 5 heteroatoms. The maximum absolute atomic E-state index is 12.3. The zero-order valence-corrected chi connectivity index (χ0v) is 11.2. The molecule has 1 aromatic heterocycles. The summed E-state index contributed by atoms with van der Waals surface area (Å²) in [6.07, 6.45) is 4.98. The Bertz CT molecular complexity index is 401. The van der Waals surface area contributed by atoms with Crippen LogP contribution >= 0.6 is 11.3 Å². The van der Waals surface area contributed by atoms with Gasteiger partial charge in [0, 0.05) is 37.2 Å². The van der Waals surface area contributed by atoms with Gasteiger partial charge < -0.3 is 9.64 Å². The van der Waals surface area contributed by atoms with E-state index in [1.807, 2.05) is 16.5 Å². The average Bonchev–Trinajstić information content (AvgIpc) is 3.11. The van der Waals surface area contributed by atoms with Gasteiger partial charge in [0.05, 0.1) is 17.5 Å².